The van der Waals surface area contributed by atoms with Crippen LogP contribution in [0.5, 0.6) is 0 Å². The molecule has 2 atom stereocenters. The number of nitrogens with zero attached hydrogens (tertiary/aromatic N) is 1. The van der Waals surface area contributed by atoms with E-state index in [0.717, 1.165) is 11.9 Å². The van der Waals surface area contributed by atoms with Gasteiger partial charge in [-0.05, 0) is 75.5 Å². The number of carbonyl (C=O) groups is 1. The van der Waals surface area contributed by atoms with E-state index in [1.165, 1.54) is 6.08 Å². The molecule has 0 saturated carbocycles. The summed E-state index contributed by atoms with van der Waals surface area (Å²) >= 11 is 0. The summed E-state index contributed by atoms with van der Waals surface area (Å²) in [4.78, 5) is 29.7. The summed E-state index contributed by atoms with van der Waals surface area (Å²) in [7, 11) is 0. The summed E-state index contributed by atoms with van der Waals surface area (Å²) < 4.78 is 20.5. The third-order valence-corrected chi connectivity index (χ3v) is 6.69. The third kappa shape index (κ3) is 5.47. The summed E-state index contributed by atoms with van der Waals surface area (Å²) in [6.07, 6.45) is 9.93. The van der Waals surface area contributed by atoms with E-state index in [4.69, 9.17) is 20.9 Å². The molecule has 0 bridgehead atoms. The van der Waals surface area contributed by atoms with Crippen LogP contribution < -0.4 is 16.9 Å². The standard InChI is InChI=1S/C30H32FN3O3/c1-17(32)26(28(33)22-10-6-8-20(14-22)16-35)18(2)34-19(3)30-27(21-9-7-11-23(31)15-21)29(36)24-12-4-5-13-25(24)37-30/h4-5,8-9,12-17,19H,6-7,10-11,32-33H2,1-3H3. The molecule has 7 heteroatoms. The normalized spacial score (nSPS) is 18.8. The van der Waals surface area contributed by atoms with Gasteiger partial charge in [0.15, 0.2) is 0 Å². The van der Waals surface area contributed by atoms with E-state index >= 15 is 0 Å². The molecule has 6 nitrogen and oxygen atoms in total. The second-order valence-corrected chi connectivity index (χ2v) is 9.49. The maximum Gasteiger partial charge on any atom is 0.200 e. The van der Waals surface area contributed by atoms with Gasteiger partial charge in [-0.25, -0.2) is 4.39 Å². The second-order valence-electron chi connectivity index (χ2n) is 9.49. The lowest BCUT2D eigenvalue weighted by atomic mass is 9.91. The number of aliphatic imine (C=N–C) groups is 1. The average molecular weight is 502 g/mol. The smallest absolute Gasteiger partial charge is 0.200 e. The maximum absolute atomic E-state index is 14.2. The first-order valence-electron chi connectivity index (χ1n) is 12.5. The number of para-hydroxylation sites is 1. The number of fused-ring (bicyclic) bond motifs is 1. The van der Waals surface area contributed by atoms with Crippen LogP contribution in [0.4, 0.5) is 4.39 Å². The van der Waals surface area contributed by atoms with Gasteiger partial charge in [0.2, 0.25) is 5.43 Å². The van der Waals surface area contributed by atoms with Crippen LogP contribution in [0.25, 0.3) is 16.5 Å². The van der Waals surface area contributed by atoms with Crippen LogP contribution in [-0.2, 0) is 4.79 Å². The highest BCUT2D eigenvalue weighted by atomic mass is 19.1. The first-order chi connectivity index (χ1) is 17.7. The van der Waals surface area contributed by atoms with Crippen LogP contribution in [0.2, 0.25) is 0 Å². The number of hydrogen-bond donors (Lipinski definition) is 2. The fourth-order valence-corrected chi connectivity index (χ4v) is 4.95. The molecule has 0 fully saturated rings. The minimum absolute atomic E-state index is 0.225. The number of aldehydes is 1. The maximum atomic E-state index is 14.2. The Kier molecular flexibility index (Phi) is 7.83. The zero-order valence-electron chi connectivity index (χ0n) is 21.4. The minimum Gasteiger partial charge on any atom is -0.458 e. The van der Waals surface area contributed by atoms with Crippen molar-refractivity contribution in [1.29, 1.82) is 0 Å². The summed E-state index contributed by atoms with van der Waals surface area (Å²) in [5.74, 6) is 0.0775. The Hall–Kier alpha value is -3.84. The van der Waals surface area contributed by atoms with Crippen molar-refractivity contribution in [1.82, 2.24) is 0 Å². The van der Waals surface area contributed by atoms with Gasteiger partial charge in [0, 0.05) is 35.0 Å². The van der Waals surface area contributed by atoms with Gasteiger partial charge < -0.3 is 15.9 Å². The Labute approximate surface area is 215 Å². The molecule has 2 unspecified atom stereocenters. The van der Waals surface area contributed by atoms with Crippen LogP contribution >= 0.6 is 0 Å². The van der Waals surface area contributed by atoms with E-state index in [2.05, 4.69) is 0 Å². The monoisotopic (exact) mass is 501 g/mol. The van der Waals surface area contributed by atoms with Gasteiger partial charge in [-0.15, -0.1) is 0 Å². The average Bonchev–Trinajstić information content (AvgIpc) is 2.88. The molecule has 0 spiro atoms. The molecule has 0 saturated heterocycles. The highest BCUT2D eigenvalue weighted by Gasteiger charge is 2.24. The molecule has 1 aromatic heterocycles. The van der Waals surface area contributed by atoms with Gasteiger partial charge in [-0.1, -0.05) is 24.3 Å². The molecule has 2 aromatic rings. The molecular weight excluding hydrogens is 469 g/mol. The van der Waals surface area contributed by atoms with Gasteiger partial charge in [0.05, 0.1) is 10.9 Å². The fourth-order valence-electron chi connectivity index (χ4n) is 4.95. The molecule has 0 amide bonds. The molecule has 2 aliphatic rings. The Morgan fingerprint density at radius 1 is 1.14 bits per heavy atom. The van der Waals surface area contributed by atoms with Crippen molar-refractivity contribution in [2.45, 2.75) is 58.5 Å². The molecule has 0 aliphatic heterocycles. The van der Waals surface area contributed by atoms with Gasteiger partial charge in [-0.2, -0.15) is 0 Å². The minimum atomic E-state index is -0.584. The van der Waals surface area contributed by atoms with Crippen molar-refractivity contribution in [2.75, 3.05) is 0 Å². The number of nitrogens with two attached hydrogens (primary N) is 2. The number of rotatable bonds is 7. The first-order valence-corrected chi connectivity index (χ1v) is 12.5. The number of hydrogen-bond acceptors (Lipinski definition) is 6. The largest absolute Gasteiger partial charge is 0.458 e. The highest BCUT2D eigenvalue weighted by Crippen LogP contribution is 2.33. The zero-order chi connectivity index (χ0) is 26.7. The SMILES string of the molecule is CC(=NC(C)c1oc2ccccc2c(=O)c1C1=CCCC(F)=C1)C(=C(N)C1=CC(C=O)=CCC1)C(C)N. The molecule has 1 heterocycles. The first kappa shape index (κ1) is 26.2. The van der Waals surface area contributed by atoms with Crippen LogP contribution in [0.15, 0.2) is 91.0 Å². The highest BCUT2D eigenvalue weighted by molar-refractivity contribution is 6.01. The predicted molar refractivity (Wildman–Crippen MR) is 147 cm³/mol. The second kappa shape index (κ2) is 11.0. The van der Waals surface area contributed by atoms with E-state index < -0.39 is 12.1 Å². The van der Waals surface area contributed by atoms with E-state index in [0.29, 0.717) is 76.1 Å². The summed E-state index contributed by atoms with van der Waals surface area (Å²) in [5.41, 5.74) is 17.1. The summed E-state index contributed by atoms with van der Waals surface area (Å²) in [6.45, 7) is 5.47. The molecule has 4 N–H and O–H groups in total. The lowest BCUT2D eigenvalue weighted by Gasteiger charge is -2.21. The lowest BCUT2D eigenvalue weighted by Crippen LogP contribution is -2.28. The number of benzene rings is 1. The lowest BCUT2D eigenvalue weighted by molar-refractivity contribution is -0.104. The van der Waals surface area contributed by atoms with Crippen LogP contribution in [0.1, 0.15) is 63.8 Å². The van der Waals surface area contributed by atoms with Gasteiger partial charge in [0.1, 0.15) is 29.5 Å². The molecule has 37 heavy (non-hydrogen) atoms. The summed E-state index contributed by atoms with van der Waals surface area (Å²) in [5, 5.41) is 0.429. The van der Waals surface area contributed by atoms with Crippen molar-refractivity contribution in [3.05, 3.63) is 98.4 Å². The van der Waals surface area contributed by atoms with Crippen LogP contribution in [-0.4, -0.2) is 18.0 Å². The Balaban J connectivity index is 1.85. The van der Waals surface area contributed by atoms with E-state index in [1.807, 2.05) is 32.9 Å². The molecular formula is C30H32FN3O3. The van der Waals surface area contributed by atoms with E-state index in [-0.39, 0.29) is 11.3 Å². The third-order valence-electron chi connectivity index (χ3n) is 6.69. The fraction of sp³-hybridized carbons (Fsp3) is 0.300. The van der Waals surface area contributed by atoms with Gasteiger partial charge in [0.25, 0.3) is 0 Å². The van der Waals surface area contributed by atoms with Crippen molar-refractivity contribution in [3.63, 3.8) is 0 Å². The predicted octanol–water partition coefficient (Wildman–Crippen LogP) is 5.75. The molecule has 4 rings (SSSR count). The van der Waals surface area contributed by atoms with Crippen molar-refractivity contribution in [3.8, 4) is 0 Å². The molecule has 2 aliphatic carbocycles. The van der Waals surface area contributed by atoms with Gasteiger partial charge in [-0.3, -0.25) is 14.6 Å². The van der Waals surface area contributed by atoms with Gasteiger partial charge >= 0.3 is 0 Å². The van der Waals surface area contributed by atoms with Crippen molar-refractivity contribution >= 4 is 28.5 Å². The van der Waals surface area contributed by atoms with Crippen LogP contribution in [0.3, 0.4) is 0 Å². The van der Waals surface area contributed by atoms with E-state index in [1.54, 1.807) is 30.3 Å². The molecule has 1 aromatic carbocycles. The molecule has 0 radical (unpaired) electrons. The number of halogens is 1. The van der Waals surface area contributed by atoms with Crippen molar-refractivity contribution in [2.24, 2.45) is 16.5 Å². The van der Waals surface area contributed by atoms with E-state index in [9.17, 15) is 14.0 Å². The summed E-state index contributed by atoms with van der Waals surface area (Å²) in [6, 6.07) is 5.99. The van der Waals surface area contributed by atoms with Crippen LogP contribution in [0, 0.1) is 0 Å². The zero-order valence-corrected chi connectivity index (χ0v) is 21.4. The Morgan fingerprint density at radius 3 is 2.57 bits per heavy atom. The molecule has 192 valence electrons. The Morgan fingerprint density at radius 2 is 1.86 bits per heavy atom. The quantitative estimate of drug-likeness (QED) is 0.371. The number of allylic oxidation sites excluding steroid dienone is 8. The number of carbonyl (C=O) groups excluding carboxylic acids is 1. The topological polar surface area (TPSA) is 112 Å². The Bertz CT molecular complexity index is 1490. The van der Waals surface area contributed by atoms with Crippen molar-refractivity contribution < 1.29 is 13.6 Å².